The normalized spacial score (nSPS) is 13.0. The second-order valence-electron chi connectivity index (χ2n) is 4.46. The summed E-state index contributed by atoms with van der Waals surface area (Å²) in [6.45, 7) is 0. The Morgan fingerprint density at radius 3 is 2.19 bits per heavy atom. The Kier molecular flexibility index (Phi) is 4.18. The summed E-state index contributed by atoms with van der Waals surface area (Å²) in [5, 5.41) is 0. The summed E-state index contributed by atoms with van der Waals surface area (Å²) in [6.07, 6.45) is -4.75. The van der Waals surface area contributed by atoms with Crippen molar-refractivity contribution in [3.63, 3.8) is 0 Å². The molecule has 0 aliphatic rings. The van der Waals surface area contributed by atoms with Crippen LogP contribution in [0.2, 0.25) is 0 Å². The Morgan fingerprint density at radius 1 is 1.05 bits per heavy atom. The third kappa shape index (κ3) is 3.16. The van der Waals surface area contributed by atoms with Crippen LogP contribution in [-0.4, -0.2) is 7.11 Å². The van der Waals surface area contributed by atoms with Crippen molar-refractivity contribution >= 4 is 0 Å². The molecular formula is C15H13F4NO. The fraction of sp³-hybridized carbons (Fsp3) is 0.200. The number of methoxy groups -OCH3 is 1. The van der Waals surface area contributed by atoms with Gasteiger partial charge in [0.15, 0.2) is 0 Å². The average molecular weight is 299 g/mol. The van der Waals surface area contributed by atoms with E-state index in [4.69, 9.17) is 10.5 Å². The number of benzene rings is 2. The minimum absolute atomic E-state index is 0.199. The smallest absolute Gasteiger partial charge is 0.419 e. The molecule has 0 saturated heterocycles. The number of ether oxygens (including phenoxy) is 1. The summed E-state index contributed by atoms with van der Waals surface area (Å²) in [5.74, 6) is -0.760. The fourth-order valence-electron chi connectivity index (χ4n) is 2.00. The highest BCUT2D eigenvalue weighted by atomic mass is 19.4. The Morgan fingerprint density at radius 2 is 1.67 bits per heavy atom. The molecular weight excluding hydrogens is 286 g/mol. The summed E-state index contributed by atoms with van der Waals surface area (Å²) >= 11 is 0. The molecule has 0 spiro atoms. The summed E-state index contributed by atoms with van der Waals surface area (Å²) in [4.78, 5) is 0. The summed E-state index contributed by atoms with van der Waals surface area (Å²) in [7, 11) is 1.49. The quantitative estimate of drug-likeness (QED) is 0.872. The van der Waals surface area contributed by atoms with Gasteiger partial charge >= 0.3 is 6.18 Å². The lowest BCUT2D eigenvalue weighted by molar-refractivity contribution is -0.140. The van der Waals surface area contributed by atoms with E-state index >= 15 is 0 Å². The Bertz CT molecular complexity index is 623. The van der Waals surface area contributed by atoms with Gasteiger partial charge in [0.25, 0.3) is 0 Å². The van der Waals surface area contributed by atoms with Crippen LogP contribution in [0.3, 0.4) is 0 Å². The van der Waals surface area contributed by atoms with Crippen LogP contribution in [-0.2, 0) is 6.18 Å². The molecule has 2 aromatic carbocycles. The first-order chi connectivity index (χ1) is 9.84. The number of halogens is 4. The molecule has 0 heterocycles. The molecule has 2 aromatic rings. The molecule has 0 bridgehead atoms. The van der Waals surface area contributed by atoms with E-state index in [1.54, 1.807) is 24.3 Å². The predicted octanol–water partition coefficient (Wildman–Crippen LogP) is 3.90. The van der Waals surface area contributed by atoms with Crippen LogP contribution < -0.4 is 10.5 Å². The zero-order valence-electron chi connectivity index (χ0n) is 11.1. The number of rotatable bonds is 3. The van der Waals surface area contributed by atoms with E-state index < -0.39 is 23.6 Å². The molecule has 112 valence electrons. The van der Waals surface area contributed by atoms with Gasteiger partial charge in [-0.2, -0.15) is 13.2 Å². The van der Waals surface area contributed by atoms with Gasteiger partial charge in [0.1, 0.15) is 11.6 Å². The third-order valence-electron chi connectivity index (χ3n) is 3.14. The van der Waals surface area contributed by atoms with E-state index in [2.05, 4.69) is 0 Å². The standard InChI is InChI=1S/C15H13F4NO/c1-21-10-7-5-9(6-8-10)14(20)11-3-2-4-12(13(11)16)15(17,18)19/h2-8,14H,20H2,1H3. The Labute approximate surface area is 119 Å². The van der Waals surface area contributed by atoms with Gasteiger partial charge in [-0.05, 0) is 23.8 Å². The molecule has 2 N–H and O–H groups in total. The highest BCUT2D eigenvalue weighted by Gasteiger charge is 2.35. The number of nitrogens with two attached hydrogens (primary N) is 1. The Balaban J connectivity index is 2.41. The van der Waals surface area contributed by atoms with Crippen LogP contribution in [0, 0.1) is 5.82 Å². The van der Waals surface area contributed by atoms with Crippen LogP contribution in [0.4, 0.5) is 17.6 Å². The molecule has 21 heavy (non-hydrogen) atoms. The largest absolute Gasteiger partial charge is 0.497 e. The van der Waals surface area contributed by atoms with E-state index in [0.29, 0.717) is 17.4 Å². The van der Waals surface area contributed by atoms with Gasteiger partial charge in [-0.15, -0.1) is 0 Å². The van der Waals surface area contributed by atoms with Crippen molar-refractivity contribution in [2.75, 3.05) is 7.11 Å². The fourth-order valence-corrected chi connectivity index (χ4v) is 2.00. The molecule has 0 fully saturated rings. The molecule has 6 heteroatoms. The Hall–Kier alpha value is -2.08. The van der Waals surface area contributed by atoms with Gasteiger partial charge < -0.3 is 10.5 Å². The van der Waals surface area contributed by atoms with E-state index in [1.807, 2.05) is 0 Å². The highest BCUT2D eigenvalue weighted by Crippen LogP contribution is 2.34. The van der Waals surface area contributed by atoms with E-state index in [1.165, 1.54) is 13.2 Å². The molecule has 1 atom stereocenters. The zero-order valence-corrected chi connectivity index (χ0v) is 11.1. The van der Waals surface area contributed by atoms with Gasteiger partial charge in [-0.1, -0.05) is 24.3 Å². The molecule has 1 unspecified atom stereocenters. The summed E-state index contributed by atoms with van der Waals surface area (Å²) < 4.78 is 57.1. The van der Waals surface area contributed by atoms with Crippen molar-refractivity contribution in [1.82, 2.24) is 0 Å². The molecule has 2 rings (SSSR count). The summed E-state index contributed by atoms with van der Waals surface area (Å²) in [5.41, 5.74) is 4.85. The second-order valence-corrected chi connectivity index (χ2v) is 4.46. The lowest BCUT2D eigenvalue weighted by Crippen LogP contribution is -2.17. The first-order valence-corrected chi connectivity index (χ1v) is 6.09. The highest BCUT2D eigenvalue weighted by molar-refractivity contribution is 5.38. The first kappa shape index (κ1) is 15.3. The molecule has 0 aromatic heterocycles. The van der Waals surface area contributed by atoms with Gasteiger partial charge in [0, 0.05) is 5.56 Å². The van der Waals surface area contributed by atoms with Gasteiger partial charge in [0.2, 0.25) is 0 Å². The van der Waals surface area contributed by atoms with Crippen molar-refractivity contribution in [1.29, 1.82) is 0 Å². The van der Waals surface area contributed by atoms with Crippen molar-refractivity contribution in [2.24, 2.45) is 5.73 Å². The third-order valence-corrected chi connectivity index (χ3v) is 3.14. The van der Waals surface area contributed by atoms with Crippen LogP contribution in [0.15, 0.2) is 42.5 Å². The van der Waals surface area contributed by atoms with E-state index in [9.17, 15) is 17.6 Å². The van der Waals surface area contributed by atoms with Gasteiger partial charge in [0.05, 0.1) is 18.7 Å². The van der Waals surface area contributed by atoms with Crippen LogP contribution in [0.1, 0.15) is 22.7 Å². The number of hydrogen-bond acceptors (Lipinski definition) is 2. The monoisotopic (exact) mass is 299 g/mol. The lowest BCUT2D eigenvalue weighted by Gasteiger charge is -2.17. The molecule has 0 aliphatic heterocycles. The van der Waals surface area contributed by atoms with Crippen LogP contribution >= 0.6 is 0 Å². The van der Waals surface area contributed by atoms with Crippen LogP contribution in [0.25, 0.3) is 0 Å². The minimum atomic E-state index is -4.75. The van der Waals surface area contributed by atoms with Crippen molar-refractivity contribution in [3.8, 4) is 5.75 Å². The molecule has 0 aliphatic carbocycles. The van der Waals surface area contributed by atoms with Crippen molar-refractivity contribution in [2.45, 2.75) is 12.2 Å². The second kappa shape index (κ2) is 5.73. The number of alkyl halides is 3. The zero-order chi connectivity index (χ0) is 15.6. The lowest BCUT2D eigenvalue weighted by atomic mass is 9.97. The SMILES string of the molecule is COc1ccc(C(N)c2cccc(C(F)(F)F)c2F)cc1. The maximum Gasteiger partial charge on any atom is 0.419 e. The van der Waals surface area contributed by atoms with Crippen molar-refractivity contribution in [3.05, 3.63) is 65.0 Å². The molecule has 0 saturated carbocycles. The average Bonchev–Trinajstić information content (AvgIpc) is 2.45. The van der Waals surface area contributed by atoms with E-state index in [-0.39, 0.29) is 5.56 Å². The van der Waals surface area contributed by atoms with Gasteiger partial charge in [-0.25, -0.2) is 4.39 Å². The molecule has 0 radical (unpaired) electrons. The summed E-state index contributed by atoms with van der Waals surface area (Å²) in [6, 6.07) is 8.50. The molecule has 0 amide bonds. The van der Waals surface area contributed by atoms with E-state index in [0.717, 1.165) is 6.07 Å². The topological polar surface area (TPSA) is 35.2 Å². The number of hydrogen-bond donors (Lipinski definition) is 1. The van der Waals surface area contributed by atoms with Crippen molar-refractivity contribution < 1.29 is 22.3 Å². The molecule has 2 nitrogen and oxygen atoms in total. The minimum Gasteiger partial charge on any atom is -0.497 e. The van der Waals surface area contributed by atoms with Crippen LogP contribution in [0.5, 0.6) is 5.75 Å². The first-order valence-electron chi connectivity index (χ1n) is 6.09. The van der Waals surface area contributed by atoms with Gasteiger partial charge in [-0.3, -0.25) is 0 Å². The maximum absolute atomic E-state index is 14.0. The maximum atomic E-state index is 14.0. The predicted molar refractivity (Wildman–Crippen MR) is 70.4 cm³/mol.